The summed E-state index contributed by atoms with van der Waals surface area (Å²) in [5.74, 6) is -0.539. The molecule has 0 aliphatic carbocycles. The van der Waals surface area contributed by atoms with Crippen molar-refractivity contribution in [2.24, 2.45) is 0 Å². The standard InChI is InChI=1S/C19H19ClF3N3O4/c1-10(27)25-11-4-5-14(12(6-11)19(21,22)23)24-9-18(28)26-15-7-13(20)16(29-2)8-17(15)30-3/h4-8,24H,9H2,1-3H3,(H,25,27)(H,26,28). The largest absolute Gasteiger partial charge is 0.495 e. The summed E-state index contributed by atoms with van der Waals surface area (Å²) < 4.78 is 50.3. The smallest absolute Gasteiger partial charge is 0.418 e. The van der Waals surface area contributed by atoms with Crippen molar-refractivity contribution in [3.63, 3.8) is 0 Å². The number of alkyl halides is 3. The Labute approximate surface area is 175 Å². The van der Waals surface area contributed by atoms with E-state index < -0.39 is 30.1 Å². The van der Waals surface area contributed by atoms with Gasteiger partial charge >= 0.3 is 6.18 Å². The van der Waals surface area contributed by atoms with Gasteiger partial charge in [0.1, 0.15) is 11.5 Å². The third-order valence-corrected chi connectivity index (χ3v) is 4.13. The molecule has 0 aromatic heterocycles. The third-order valence-electron chi connectivity index (χ3n) is 3.83. The molecule has 2 aromatic carbocycles. The van der Waals surface area contributed by atoms with Gasteiger partial charge < -0.3 is 25.4 Å². The van der Waals surface area contributed by atoms with Crippen molar-refractivity contribution < 1.29 is 32.2 Å². The monoisotopic (exact) mass is 445 g/mol. The van der Waals surface area contributed by atoms with Gasteiger partial charge in [-0.3, -0.25) is 9.59 Å². The summed E-state index contributed by atoms with van der Waals surface area (Å²) in [4.78, 5) is 23.3. The van der Waals surface area contributed by atoms with Crippen molar-refractivity contribution in [2.45, 2.75) is 13.1 Å². The van der Waals surface area contributed by atoms with Crippen LogP contribution >= 0.6 is 11.6 Å². The molecule has 0 radical (unpaired) electrons. The number of nitrogens with one attached hydrogen (secondary N) is 3. The lowest BCUT2D eigenvalue weighted by molar-refractivity contribution is -0.137. The summed E-state index contributed by atoms with van der Waals surface area (Å²) in [5.41, 5.74) is -1.12. The van der Waals surface area contributed by atoms with Crippen molar-refractivity contribution in [1.29, 1.82) is 0 Å². The Morgan fingerprint density at radius 2 is 1.67 bits per heavy atom. The Bertz CT molecular complexity index is 951. The molecule has 11 heteroatoms. The van der Waals surface area contributed by atoms with Crippen molar-refractivity contribution >= 4 is 40.5 Å². The fourth-order valence-corrected chi connectivity index (χ4v) is 2.78. The molecule has 0 bridgehead atoms. The van der Waals surface area contributed by atoms with E-state index in [2.05, 4.69) is 16.0 Å². The molecule has 0 saturated carbocycles. The number of anilines is 3. The summed E-state index contributed by atoms with van der Waals surface area (Å²) in [6.45, 7) is 0.721. The minimum absolute atomic E-state index is 0.0116. The lowest BCUT2D eigenvalue weighted by Gasteiger charge is -2.17. The summed E-state index contributed by atoms with van der Waals surface area (Å²) >= 11 is 6.03. The first-order valence-corrected chi connectivity index (χ1v) is 8.87. The van der Waals surface area contributed by atoms with Crippen LogP contribution in [-0.4, -0.2) is 32.6 Å². The molecule has 30 heavy (non-hydrogen) atoms. The second-order valence-corrected chi connectivity index (χ2v) is 6.44. The number of hydrogen-bond donors (Lipinski definition) is 3. The fourth-order valence-electron chi connectivity index (χ4n) is 2.54. The summed E-state index contributed by atoms with van der Waals surface area (Å²) in [5, 5.41) is 7.47. The molecular formula is C19H19ClF3N3O4. The molecule has 0 heterocycles. The molecule has 0 spiro atoms. The minimum atomic E-state index is -4.69. The maximum atomic E-state index is 13.4. The molecule has 3 N–H and O–H groups in total. The van der Waals surface area contributed by atoms with Crippen molar-refractivity contribution in [3.05, 3.63) is 40.9 Å². The molecule has 0 saturated heterocycles. The number of benzene rings is 2. The Balaban J connectivity index is 2.16. The summed E-state index contributed by atoms with van der Waals surface area (Å²) in [7, 11) is 2.79. The zero-order valence-corrected chi connectivity index (χ0v) is 17.0. The zero-order valence-electron chi connectivity index (χ0n) is 16.2. The maximum absolute atomic E-state index is 13.4. The van der Waals surface area contributed by atoms with Gasteiger partial charge in [-0.1, -0.05) is 11.6 Å². The first-order chi connectivity index (χ1) is 14.0. The molecule has 0 fully saturated rings. The quantitative estimate of drug-likeness (QED) is 0.588. The highest BCUT2D eigenvalue weighted by Gasteiger charge is 2.34. The van der Waals surface area contributed by atoms with E-state index in [-0.39, 0.29) is 27.8 Å². The highest BCUT2D eigenvalue weighted by molar-refractivity contribution is 6.32. The third kappa shape index (κ3) is 5.93. The van der Waals surface area contributed by atoms with Gasteiger partial charge in [0.05, 0.1) is 37.0 Å². The number of rotatable bonds is 7. The van der Waals surface area contributed by atoms with E-state index in [1.54, 1.807) is 0 Å². The Morgan fingerprint density at radius 1 is 1.00 bits per heavy atom. The molecule has 2 rings (SSSR count). The van der Waals surface area contributed by atoms with E-state index in [0.717, 1.165) is 12.1 Å². The number of carbonyl (C=O) groups excluding carboxylic acids is 2. The van der Waals surface area contributed by atoms with Crippen LogP contribution in [0.4, 0.5) is 30.2 Å². The zero-order chi connectivity index (χ0) is 22.5. The minimum Gasteiger partial charge on any atom is -0.495 e. The van der Waals surface area contributed by atoms with Crippen LogP contribution in [0.15, 0.2) is 30.3 Å². The second kappa shape index (κ2) is 9.57. The molecule has 7 nitrogen and oxygen atoms in total. The van der Waals surface area contributed by atoms with Crippen LogP contribution in [0, 0.1) is 0 Å². The van der Waals surface area contributed by atoms with Crippen LogP contribution in [0.3, 0.4) is 0 Å². The van der Waals surface area contributed by atoms with Crippen molar-refractivity contribution in [3.8, 4) is 11.5 Å². The van der Waals surface area contributed by atoms with Gasteiger partial charge in [-0.15, -0.1) is 0 Å². The Kier molecular flexibility index (Phi) is 7.38. The van der Waals surface area contributed by atoms with Gasteiger partial charge in [-0.2, -0.15) is 13.2 Å². The second-order valence-electron chi connectivity index (χ2n) is 6.03. The first-order valence-electron chi connectivity index (χ1n) is 8.49. The van der Waals surface area contributed by atoms with Crippen LogP contribution in [0.2, 0.25) is 5.02 Å². The van der Waals surface area contributed by atoms with Gasteiger partial charge in [0.25, 0.3) is 0 Å². The van der Waals surface area contributed by atoms with Crippen LogP contribution in [-0.2, 0) is 15.8 Å². The number of amides is 2. The number of methoxy groups -OCH3 is 2. The van der Waals surface area contributed by atoms with E-state index in [9.17, 15) is 22.8 Å². The fraction of sp³-hybridized carbons (Fsp3) is 0.263. The number of ether oxygens (including phenoxy) is 2. The summed E-state index contributed by atoms with van der Waals surface area (Å²) in [6.07, 6.45) is -4.69. The Morgan fingerprint density at radius 3 is 2.23 bits per heavy atom. The van der Waals surface area contributed by atoms with E-state index in [1.807, 2.05) is 0 Å². The van der Waals surface area contributed by atoms with Crippen LogP contribution in [0.5, 0.6) is 11.5 Å². The van der Waals surface area contributed by atoms with E-state index in [0.29, 0.717) is 5.75 Å². The number of hydrogen-bond acceptors (Lipinski definition) is 5. The highest BCUT2D eigenvalue weighted by atomic mass is 35.5. The SMILES string of the molecule is COc1cc(OC)c(NC(=O)CNc2ccc(NC(C)=O)cc2C(F)(F)F)cc1Cl. The van der Waals surface area contributed by atoms with E-state index in [1.165, 1.54) is 39.3 Å². The van der Waals surface area contributed by atoms with Gasteiger partial charge in [0, 0.05) is 24.4 Å². The van der Waals surface area contributed by atoms with Gasteiger partial charge in [0.15, 0.2) is 0 Å². The average Bonchev–Trinajstić information content (AvgIpc) is 2.66. The molecular weight excluding hydrogens is 427 g/mol. The number of carbonyl (C=O) groups is 2. The molecule has 162 valence electrons. The van der Waals surface area contributed by atoms with Crippen LogP contribution in [0.25, 0.3) is 0 Å². The van der Waals surface area contributed by atoms with E-state index >= 15 is 0 Å². The highest BCUT2D eigenvalue weighted by Crippen LogP contribution is 2.37. The van der Waals surface area contributed by atoms with E-state index in [4.69, 9.17) is 21.1 Å². The summed E-state index contributed by atoms with van der Waals surface area (Å²) in [6, 6.07) is 6.08. The maximum Gasteiger partial charge on any atom is 0.418 e. The number of halogens is 4. The molecule has 0 atom stereocenters. The van der Waals surface area contributed by atoms with Gasteiger partial charge in [-0.25, -0.2) is 0 Å². The van der Waals surface area contributed by atoms with Crippen molar-refractivity contribution in [2.75, 3.05) is 36.7 Å². The molecule has 0 aliphatic rings. The molecule has 2 amide bonds. The van der Waals surface area contributed by atoms with Gasteiger partial charge in [0.2, 0.25) is 11.8 Å². The predicted molar refractivity (Wildman–Crippen MR) is 107 cm³/mol. The molecule has 0 aliphatic heterocycles. The van der Waals surface area contributed by atoms with Crippen molar-refractivity contribution in [1.82, 2.24) is 0 Å². The molecule has 0 unspecified atom stereocenters. The first kappa shape index (κ1) is 23.1. The molecule has 2 aromatic rings. The average molecular weight is 446 g/mol. The topological polar surface area (TPSA) is 88.7 Å². The van der Waals surface area contributed by atoms with Crippen LogP contribution < -0.4 is 25.4 Å². The predicted octanol–water partition coefficient (Wildman–Crippen LogP) is 4.39. The van der Waals surface area contributed by atoms with Gasteiger partial charge in [-0.05, 0) is 24.3 Å². The Hall–Kier alpha value is -3.14. The lowest BCUT2D eigenvalue weighted by atomic mass is 10.1. The lowest BCUT2D eigenvalue weighted by Crippen LogP contribution is -2.23. The van der Waals surface area contributed by atoms with Crippen LogP contribution in [0.1, 0.15) is 12.5 Å². The normalized spacial score (nSPS) is 10.9.